The highest BCUT2D eigenvalue weighted by molar-refractivity contribution is 7.89. The number of fused-ring (bicyclic) bond motifs is 1. The number of piperazine rings is 1. The molecular formula is C22H24F3N3O4S. The van der Waals surface area contributed by atoms with Crippen LogP contribution in [0.15, 0.2) is 30.5 Å². The molecule has 7 nitrogen and oxygen atoms in total. The van der Waals surface area contributed by atoms with Crippen LogP contribution >= 0.6 is 0 Å². The van der Waals surface area contributed by atoms with Gasteiger partial charge in [-0.1, -0.05) is 11.6 Å². The molecule has 1 aliphatic carbocycles. The largest absolute Gasteiger partial charge is 0.481 e. The predicted octanol–water partition coefficient (Wildman–Crippen LogP) is 3.00. The number of aromatic nitrogens is 1. The molecular weight excluding hydrogens is 459 g/mol. The second kappa shape index (κ2) is 8.07. The highest BCUT2D eigenvalue weighted by atomic mass is 32.2. The number of pyridine rings is 1. The Kier molecular flexibility index (Phi) is 5.78. The van der Waals surface area contributed by atoms with Crippen LogP contribution in [0.3, 0.4) is 0 Å². The minimum absolute atomic E-state index is 0.0774. The molecule has 2 aliphatic rings. The summed E-state index contributed by atoms with van der Waals surface area (Å²) in [6.45, 7) is 4.57. The number of halogens is 3. The maximum Gasteiger partial charge on any atom is 0.417 e. The third-order valence-electron chi connectivity index (χ3n) is 6.42. The maximum absolute atomic E-state index is 13.7. The Morgan fingerprint density at radius 3 is 2.45 bits per heavy atom. The van der Waals surface area contributed by atoms with Gasteiger partial charge in [0.15, 0.2) is 0 Å². The Morgan fingerprint density at radius 1 is 1.24 bits per heavy atom. The zero-order valence-electron chi connectivity index (χ0n) is 18.1. The lowest BCUT2D eigenvalue weighted by Crippen LogP contribution is -2.50. The van der Waals surface area contributed by atoms with E-state index < -0.39 is 38.4 Å². The number of sulfonamides is 1. The van der Waals surface area contributed by atoms with Gasteiger partial charge < -0.3 is 10.4 Å². The fourth-order valence-electron chi connectivity index (χ4n) is 4.75. The molecule has 33 heavy (non-hydrogen) atoms. The number of hydrogen-bond acceptors (Lipinski definition) is 5. The van der Waals surface area contributed by atoms with E-state index in [1.54, 1.807) is 19.1 Å². The van der Waals surface area contributed by atoms with Crippen molar-refractivity contribution in [1.82, 2.24) is 14.6 Å². The van der Waals surface area contributed by atoms with Gasteiger partial charge in [0.2, 0.25) is 10.0 Å². The van der Waals surface area contributed by atoms with Crippen LogP contribution in [0, 0.1) is 12.3 Å². The second-order valence-corrected chi connectivity index (χ2v) is 10.8. The smallest absolute Gasteiger partial charge is 0.417 e. The molecule has 2 aromatic rings. The predicted molar refractivity (Wildman–Crippen MR) is 115 cm³/mol. The summed E-state index contributed by atoms with van der Waals surface area (Å²) in [7, 11) is -4.03. The van der Waals surface area contributed by atoms with Crippen LogP contribution in [0.4, 0.5) is 13.2 Å². The number of rotatable bonds is 4. The number of nitrogens with zero attached hydrogens (tertiary/aromatic N) is 2. The number of nitrogens with one attached hydrogen (secondary N) is 1. The summed E-state index contributed by atoms with van der Waals surface area (Å²) in [6.07, 6.45) is -3.89. The summed E-state index contributed by atoms with van der Waals surface area (Å²) in [5, 5.41) is 11.9. The number of hydrogen-bond donors (Lipinski definition) is 2. The van der Waals surface area contributed by atoms with Crippen molar-refractivity contribution in [1.29, 1.82) is 0 Å². The number of alkyl halides is 3. The lowest BCUT2D eigenvalue weighted by atomic mass is 9.86. The first-order valence-corrected chi connectivity index (χ1v) is 12.0. The summed E-state index contributed by atoms with van der Waals surface area (Å²) in [5.41, 5.74) is -0.331. The summed E-state index contributed by atoms with van der Waals surface area (Å²) in [5.74, 6) is -1.24. The molecule has 2 atom stereocenters. The molecule has 2 unspecified atom stereocenters. The molecule has 1 aromatic heterocycles. The van der Waals surface area contributed by atoms with Gasteiger partial charge in [-0.3, -0.25) is 9.78 Å². The van der Waals surface area contributed by atoms with Gasteiger partial charge in [0, 0.05) is 37.9 Å². The molecule has 0 spiro atoms. The zero-order valence-corrected chi connectivity index (χ0v) is 18.9. The van der Waals surface area contributed by atoms with Crippen LogP contribution in [0.1, 0.15) is 34.4 Å². The van der Waals surface area contributed by atoms with Gasteiger partial charge >= 0.3 is 12.1 Å². The van der Waals surface area contributed by atoms with Gasteiger partial charge in [-0.2, -0.15) is 17.5 Å². The number of carboxylic acid groups (broad SMARTS) is 1. The summed E-state index contributed by atoms with van der Waals surface area (Å²) < 4.78 is 67.6. The maximum atomic E-state index is 13.7. The molecule has 0 bridgehead atoms. The SMILES string of the molecule is Cc1cc(-c2ccc(C(F)(F)F)cn2)c2c(c1)C(S(=O)(=O)N1CCNCC1)C(C)(C(=O)O)C2. The summed E-state index contributed by atoms with van der Waals surface area (Å²) in [6, 6.07) is 5.52. The van der Waals surface area contributed by atoms with E-state index in [4.69, 9.17) is 0 Å². The Balaban J connectivity index is 1.88. The average Bonchev–Trinajstić information content (AvgIpc) is 3.07. The molecule has 0 amide bonds. The Morgan fingerprint density at radius 2 is 1.91 bits per heavy atom. The molecule has 1 saturated heterocycles. The first-order chi connectivity index (χ1) is 15.4. The fraction of sp³-hybridized carbons (Fsp3) is 0.455. The molecule has 0 radical (unpaired) electrons. The van der Waals surface area contributed by atoms with Crippen molar-refractivity contribution < 1.29 is 31.5 Å². The van der Waals surface area contributed by atoms with Crippen molar-refractivity contribution in [3.05, 3.63) is 52.7 Å². The quantitative estimate of drug-likeness (QED) is 0.694. The first-order valence-electron chi connectivity index (χ1n) is 10.5. The van der Waals surface area contributed by atoms with Gasteiger partial charge in [-0.05, 0) is 49.6 Å². The third-order valence-corrected chi connectivity index (χ3v) is 8.88. The summed E-state index contributed by atoms with van der Waals surface area (Å²) in [4.78, 5) is 16.4. The molecule has 178 valence electrons. The third kappa shape index (κ3) is 4.02. The molecule has 2 N–H and O–H groups in total. The van der Waals surface area contributed by atoms with Gasteiger partial charge in [0.1, 0.15) is 5.25 Å². The highest BCUT2D eigenvalue weighted by Crippen LogP contribution is 2.53. The van der Waals surface area contributed by atoms with Crippen molar-refractivity contribution in [3.8, 4) is 11.3 Å². The molecule has 0 saturated carbocycles. The van der Waals surface area contributed by atoms with E-state index in [1.807, 2.05) is 0 Å². The van der Waals surface area contributed by atoms with Crippen LogP contribution in [0.25, 0.3) is 11.3 Å². The lowest BCUT2D eigenvalue weighted by Gasteiger charge is -2.34. The molecule has 2 heterocycles. The molecule has 11 heteroatoms. The van der Waals surface area contributed by atoms with E-state index in [0.29, 0.717) is 35.3 Å². The van der Waals surface area contributed by atoms with Crippen molar-refractivity contribution in [2.24, 2.45) is 5.41 Å². The molecule has 1 aromatic carbocycles. The van der Waals surface area contributed by atoms with Crippen molar-refractivity contribution in [3.63, 3.8) is 0 Å². The minimum Gasteiger partial charge on any atom is -0.481 e. The van der Waals surface area contributed by atoms with E-state index >= 15 is 0 Å². The van der Waals surface area contributed by atoms with Crippen molar-refractivity contribution in [2.75, 3.05) is 26.2 Å². The number of aliphatic carboxylic acids is 1. The number of benzene rings is 1. The van der Waals surface area contributed by atoms with Crippen molar-refractivity contribution >= 4 is 16.0 Å². The lowest BCUT2D eigenvalue weighted by molar-refractivity contribution is -0.147. The normalized spacial score (nSPS) is 24.0. The number of carboxylic acids is 1. The van der Waals surface area contributed by atoms with Crippen LogP contribution in [0.2, 0.25) is 0 Å². The highest BCUT2D eigenvalue weighted by Gasteiger charge is 2.56. The number of aryl methyl sites for hydroxylation is 1. The summed E-state index contributed by atoms with van der Waals surface area (Å²) >= 11 is 0. The van der Waals surface area contributed by atoms with Crippen LogP contribution in [0.5, 0.6) is 0 Å². The van der Waals surface area contributed by atoms with E-state index in [2.05, 4.69) is 10.3 Å². The molecule has 1 fully saturated rings. The fourth-order valence-corrected chi connectivity index (χ4v) is 7.12. The van der Waals surface area contributed by atoms with Crippen molar-refractivity contribution in [2.45, 2.75) is 31.7 Å². The standard InChI is InChI=1S/C22H24F3N3O4S/c1-13-9-15(18-4-3-14(12-27-18)22(23,24)25)17-11-21(2,20(29)30)19(16(17)10-13)33(31,32)28-7-5-26-6-8-28/h3-4,9-10,12,19,26H,5-8,11H2,1-2H3,(H,29,30). The molecule has 1 aliphatic heterocycles. The van der Waals surface area contributed by atoms with Gasteiger partial charge in [-0.15, -0.1) is 0 Å². The zero-order chi connectivity index (χ0) is 24.2. The monoisotopic (exact) mass is 483 g/mol. The average molecular weight is 484 g/mol. The van der Waals surface area contributed by atoms with E-state index in [0.717, 1.165) is 12.3 Å². The minimum atomic E-state index is -4.54. The van der Waals surface area contributed by atoms with Crippen LogP contribution in [-0.2, 0) is 27.4 Å². The van der Waals surface area contributed by atoms with E-state index in [9.17, 15) is 31.5 Å². The van der Waals surface area contributed by atoms with Gasteiger partial charge in [0.05, 0.1) is 16.7 Å². The Labute approximate surface area is 189 Å². The number of carbonyl (C=O) groups is 1. The van der Waals surface area contributed by atoms with E-state index in [1.165, 1.54) is 17.3 Å². The van der Waals surface area contributed by atoms with Gasteiger partial charge in [-0.25, -0.2) is 8.42 Å². The van der Waals surface area contributed by atoms with Crippen LogP contribution in [-0.4, -0.2) is 55.0 Å². The first kappa shape index (κ1) is 23.7. The van der Waals surface area contributed by atoms with Crippen LogP contribution < -0.4 is 5.32 Å². The van der Waals surface area contributed by atoms with Gasteiger partial charge in [0.25, 0.3) is 0 Å². The van der Waals surface area contributed by atoms with E-state index in [-0.39, 0.29) is 25.2 Å². The molecule has 4 rings (SSSR count). The Hall–Kier alpha value is -2.50. The Bertz CT molecular complexity index is 1190. The topological polar surface area (TPSA) is 99.6 Å². The second-order valence-electron chi connectivity index (χ2n) is 8.78.